The Bertz CT molecular complexity index is 565. The zero-order valence-corrected chi connectivity index (χ0v) is 10.7. The van der Waals surface area contributed by atoms with Crippen molar-refractivity contribution < 1.29 is 8.78 Å². The van der Waals surface area contributed by atoms with Gasteiger partial charge >= 0.3 is 0 Å². The van der Waals surface area contributed by atoms with Gasteiger partial charge in [0.2, 0.25) is 0 Å². The second kappa shape index (κ2) is 5.69. The third-order valence-corrected chi connectivity index (χ3v) is 2.87. The summed E-state index contributed by atoms with van der Waals surface area (Å²) in [5, 5.41) is 2.92. The largest absolute Gasteiger partial charge is 0.395 e. The van der Waals surface area contributed by atoms with Crippen LogP contribution in [0.25, 0.3) is 0 Å². The lowest BCUT2D eigenvalue weighted by atomic mass is 10.1. The minimum absolute atomic E-state index is 0.0842. The summed E-state index contributed by atoms with van der Waals surface area (Å²) in [6.45, 7) is 2.11. The van der Waals surface area contributed by atoms with E-state index in [0.717, 1.165) is 24.6 Å². The average molecular weight is 262 g/mol. The van der Waals surface area contributed by atoms with Gasteiger partial charge in [-0.15, -0.1) is 0 Å². The lowest BCUT2D eigenvalue weighted by Crippen LogP contribution is -2.00. The van der Waals surface area contributed by atoms with Crippen LogP contribution < -0.4 is 11.1 Å². The van der Waals surface area contributed by atoms with Crippen LogP contribution in [0, 0.1) is 11.6 Å². The van der Waals surface area contributed by atoms with Crippen LogP contribution in [0.15, 0.2) is 36.4 Å². The zero-order chi connectivity index (χ0) is 13.8. The van der Waals surface area contributed by atoms with E-state index >= 15 is 0 Å². The number of benzene rings is 2. The van der Waals surface area contributed by atoms with Gasteiger partial charge in [-0.2, -0.15) is 0 Å². The summed E-state index contributed by atoms with van der Waals surface area (Å²) in [6.07, 6.45) is 2.09. The van der Waals surface area contributed by atoms with Gasteiger partial charge in [0.25, 0.3) is 0 Å². The van der Waals surface area contributed by atoms with Gasteiger partial charge in [-0.05, 0) is 30.2 Å². The molecule has 3 N–H and O–H groups in total. The van der Waals surface area contributed by atoms with E-state index in [4.69, 9.17) is 5.73 Å². The van der Waals surface area contributed by atoms with Gasteiger partial charge in [-0.1, -0.05) is 25.5 Å². The van der Waals surface area contributed by atoms with Crippen molar-refractivity contribution >= 4 is 17.1 Å². The van der Waals surface area contributed by atoms with Gasteiger partial charge in [-0.25, -0.2) is 8.78 Å². The first-order valence-electron chi connectivity index (χ1n) is 6.20. The molecule has 0 radical (unpaired) electrons. The standard InChI is InChI=1S/C15H16F2N2/c1-2-3-10-4-6-12(7-5-10)19-14-9-11(16)8-13(17)15(14)18/h4-9,19H,2-3,18H2,1H3. The Labute approximate surface area is 111 Å². The summed E-state index contributed by atoms with van der Waals surface area (Å²) in [5.74, 6) is -1.41. The van der Waals surface area contributed by atoms with E-state index in [1.54, 1.807) is 0 Å². The monoisotopic (exact) mass is 262 g/mol. The van der Waals surface area contributed by atoms with Crippen LogP contribution in [0.3, 0.4) is 0 Å². The number of rotatable bonds is 4. The first-order valence-corrected chi connectivity index (χ1v) is 6.20. The quantitative estimate of drug-likeness (QED) is 0.809. The molecular formula is C15H16F2N2. The number of hydrogen-bond acceptors (Lipinski definition) is 2. The van der Waals surface area contributed by atoms with Crippen molar-refractivity contribution in [2.75, 3.05) is 11.1 Å². The molecular weight excluding hydrogens is 246 g/mol. The van der Waals surface area contributed by atoms with Gasteiger partial charge < -0.3 is 11.1 Å². The van der Waals surface area contributed by atoms with Crippen molar-refractivity contribution in [3.8, 4) is 0 Å². The average Bonchev–Trinajstić information content (AvgIpc) is 2.38. The smallest absolute Gasteiger partial charge is 0.151 e. The summed E-state index contributed by atoms with van der Waals surface area (Å²) in [7, 11) is 0. The summed E-state index contributed by atoms with van der Waals surface area (Å²) in [5.41, 5.74) is 7.70. The first kappa shape index (κ1) is 13.3. The van der Waals surface area contributed by atoms with Crippen molar-refractivity contribution in [2.45, 2.75) is 19.8 Å². The molecule has 0 bridgehead atoms. The molecule has 0 fully saturated rings. The molecule has 0 spiro atoms. The number of nitrogens with two attached hydrogens (primary N) is 1. The summed E-state index contributed by atoms with van der Waals surface area (Å²) in [4.78, 5) is 0. The number of halogens is 2. The van der Waals surface area contributed by atoms with Crippen molar-refractivity contribution in [1.29, 1.82) is 0 Å². The molecule has 0 unspecified atom stereocenters. The molecule has 0 saturated heterocycles. The highest BCUT2D eigenvalue weighted by Crippen LogP contribution is 2.27. The van der Waals surface area contributed by atoms with Gasteiger partial charge in [-0.3, -0.25) is 0 Å². The molecule has 0 aromatic heterocycles. The Morgan fingerprint density at radius 1 is 1.11 bits per heavy atom. The fourth-order valence-corrected chi connectivity index (χ4v) is 1.89. The highest BCUT2D eigenvalue weighted by molar-refractivity contribution is 5.73. The van der Waals surface area contributed by atoms with E-state index < -0.39 is 11.6 Å². The molecule has 19 heavy (non-hydrogen) atoms. The topological polar surface area (TPSA) is 38.0 Å². The number of anilines is 3. The zero-order valence-electron chi connectivity index (χ0n) is 10.7. The van der Waals surface area contributed by atoms with E-state index in [2.05, 4.69) is 12.2 Å². The summed E-state index contributed by atoms with van der Waals surface area (Å²) >= 11 is 0. The van der Waals surface area contributed by atoms with Crippen LogP contribution in [-0.4, -0.2) is 0 Å². The molecule has 2 rings (SSSR count). The van der Waals surface area contributed by atoms with Gasteiger partial charge in [0.05, 0.1) is 11.4 Å². The maximum Gasteiger partial charge on any atom is 0.151 e. The molecule has 2 aromatic carbocycles. The fraction of sp³-hybridized carbons (Fsp3) is 0.200. The highest BCUT2D eigenvalue weighted by Gasteiger charge is 2.08. The normalized spacial score (nSPS) is 10.5. The van der Waals surface area contributed by atoms with Crippen LogP contribution in [0.5, 0.6) is 0 Å². The molecule has 0 aliphatic rings. The van der Waals surface area contributed by atoms with E-state index in [-0.39, 0.29) is 11.4 Å². The Hall–Kier alpha value is -2.10. The third kappa shape index (κ3) is 3.22. The van der Waals surface area contributed by atoms with E-state index in [1.807, 2.05) is 24.3 Å². The third-order valence-electron chi connectivity index (χ3n) is 2.87. The van der Waals surface area contributed by atoms with Gasteiger partial charge in [0.15, 0.2) is 5.82 Å². The molecule has 0 amide bonds. The predicted octanol–water partition coefficient (Wildman–Crippen LogP) is 4.24. The first-order chi connectivity index (χ1) is 9.10. The van der Waals surface area contributed by atoms with Gasteiger partial charge in [0.1, 0.15) is 5.82 Å². The number of aryl methyl sites for hydroxylation is 1. The lowest BCUT2D eigenvalue weighted by Gasteiger charge is -2.10. The van der Waals surface area contributed by atoms with Crippen molar-refractivity contribution in [3.05, 3.63) is 53.6 Å². The van der Waals surface area contributed by atoms with Gasteiger partial charge in [0, 0.05) is 11.8 Å². The van der Waals surface area contributed by atoms with E-state index in [1.165, 1.54) is 11.6 Å². The molecule has 0 atom stereocenters. The van der Waals surface area contributed by atoms with Crippen molar-refractivity contribution in [1.82, 2.24) is 0 Å². The maximum atomic E-state index is 13.3. The molecule has 4 heteroatoms. The van der Waals surface area contributed by atoms with E-state index in [9.17, 15) is 8.78 Å². The highest BCUT2D eigenvalue weighted by atomic mass is 19.1. The van der Waals surface area contributed by atoms with Crippen LogP contribution in [0.2, 0.25) is 0 Å². The number of nitrogens with one attached hydrogen (secondary N) is 1. The SMILES string of the molecule is CCCc1ccc(Nc2cc(F)cc(F)c2N)cc1. The van der Waals surface area contributed by atoms with Crippen molar-refractivity contribution in [2.24, 2.45) is 0 Å². The molecule has 0 aliphatic heterocycles. The number of hydrogen-bond donors (Lipinski definition) is 2. The minimum atomic E-state index is -0.759. The fourth-order valence-electron chi connectivity index (χ4n) is 1.89. The van der Waals surface area contributed by atoms with Crippen LogP contribution in [0.1, 0.15) is 18.9 Å². The maximum absolute atomic E-state index is 13.3. The second-order valence-electron chi connectivity index (χ2n) is 4.42. The Balaban J connectivity index is 2.21. The Morgan fingerprint density at radius 2 is 1.79 bits per heavy atom. The van der Waals surface area contributed by atoms with Crippen molar-refractivity contribution in [3.63, 3.8) is 0 Å². The molecule has 100 valence electrons. The molecule has 0 heterocycles. The Morgan fingerprint density at radius 3 is 2.42 bits per heavy atom. The molecule has 2 nitrogen and oxygen atoms in total. The molecule has 0 aliphatic carbocycles. The summed E-state index contributed by atoms with van der Waals surface area (Å²) in [6, 6.07) is 9.65. The summed E-state index contributed by atoms with van der Waals surface area (Å²) < 4.78 is 26.4. The second-order valence-corrected chi connectivity index (χ2v) is 4.42. The van der Waals surface area contributed by atoms with E-state index in [0.29, 0.717) is 0 Å². The molecule has 0 saturated carbocycles. The van der Waals surface area contributed by atoms with Crippen LogP contribution >= 0.6 is 0 Å². The predicted molar refractivity (Wildman–Crippen MR) is 74.5 cm³/mol. The minimum Gasteiger partial charge on any atom is -0.395 e. The number of nitrogen functional groups attached to an aromatic ring is 1. The van der Waals surface area contributed by atoms with Crippen LogP contribution in [0.4, 0.5) is 25.8 Å². The van der Waals surface area contributed by atoms with Crippen LogP contribution in [-0.2, 0) is 6.42 Å². The molecule has 2 aromatic rings. The Kier molecular flexibility index (Phi) is 4.00. The lowest BCUT2D eigenvalue weighted by molar-refractivity contribution is 0.587.